The van der Waals surface area contributed by atoms with Crippen LogP contribution in [0, 0.1) is 12.8 Å². The molecule has 25 heavy (non-hydrogen) atoms. The molecule has 2 aliphatic rings. The van der Waals surface area contributed by atoms with E-state index in [1.165, 1.54) is 0 Å². The number of fused-ring (bicyclic) bond motifs is 1. The first-order valence-electron chi connectivity index (χ1n) is 8.39. The minimum Gasteiger partial charge on any atom is -0.351 e. The summed E-state index contributed by atoms with van der Waals surface area (Å²) in [6, 6.07) is 4.41. The summed E-state index contributed by atoms with van der Waals surface area (Å²) >= 11 is 0. The van der Waals surface area contributed by atoms with Gasteiger partial charge < -0.3 is 10.6 Å². The van der Waals surface area contributed by atoms with E-state index in [0.717, 1.165) is 30.0 Å². The fourth-order valence-electron chi connectivity index (χ4n) is 3.37. The van der Waals surface area contributed by atoms with Crippen LogP contribution in [0.2, 0.25) is 0 Å². The molecule has 6 nitrogen and oxygen atoms in total. The summed E-state index contributed by atoms with van der Waals surface area (Å²) in [6.45, 7) is 7.26. The molecule has 1 saturated heterocycles. The van der Waals surface area contributed by atoms with Gasteiger partial charge in [-0.25, -0.2) is 0 Å². The van der Waals surface area contributed by atoms with Gasteiger partial charge in [-0.2, -0.15) is 0 Å². The van der Waals surface area contributed by atoms with E-state index >= 15 is 0 Å². The number of carbonyl (C=O) groups excluding carboxylic acids is 3. The smallest absolute Gasteiger partial charge is 0.262 e. The van der Waals surface area contributed by atoms with Crippen LogP contribution in [-0.4, -0.2) is 47.8 Å². The Balaban J connectivity index is 0.00000225. The van der Waals surface area contributed by atoms with E-state index in [1.807, 2.05) is 6.92 Å². The fourth-order valence-corrected chi connectivity index (χ4v) is 3.37. The summed E-state index contributed by atoms with van der Waals surface area (Å²) in [6.07, 6.45) is 0.848. The minimum atomic E-state index is -0.820. The quantitative estimate of drug-likeness (QED) is 0.796. The van der Waals surface area contributed by atoms with Crippen molar-refractivity contribution in [3.8, 4) is 0 Å². The highest BCUT2D eigenvalue weighted by Crippen LogP contribution is 2.26. The van der Waals surface area contributed by atoms with Crippen molar-refractivity contribution in [2.45, 2.75) is 39.3 Å². The van der Waals surface area contributed by atoms with Gasteiger partial charge in [-0.05, 0) is 51.4 Å². The number of carbonyl (C=O) groups is 3. The second-order valence-corrected chi connectivity index (χ2v) is 6.79. The third-order valence-corrected chi connectivity index (χ3v) is 4.95. The summed E-state index contributed by atoms with van der Waals surface area (Å²) in [5, 5.41) is 6.28. The predicted octanol–water partition coefficient (Wildman–Crippen LogP) is 1.52. The van der Waals surface area contributed by atoms with Crippen molar-refractivity contribution in [1.29, 1.82) is 0 Å². The van der Waals surface area contributed by atoms with Crippen LogP contribution in [0.15, 0.2) is 18.2 Å². The molecule has 2 aliphatic heterocycles. The van der Waals surface area contributed by atoms with Crippen molar-refractivity contribution in [3.63, 3.8) is 0 Å². The SMILES string of the molecule is Cc1ccc2c(c1)C(=O)N(C(C)C(=O)NC1CCNCC1C)C2=O.Cl. The van der Waals surface area contributed by atoms with Crippen LogP contribution in [0.3, 0.4) is 0 Å². The number of piperidine rings is 1. The van der Waals surface area contributed by atoms with Gasteiger partial charge in [0.2, 0.25) is 5.91 Å². The van der Waals surface area contributed by atoms with Gasteiger partial charge in [0, 0.05) is 6.04 Å². The Kier molecular flexibility index (Phi) is 5.85. The zero-order valence-electron chi connectivity index (χ0n) is 14.7. The maximum absolute atomic E-state index is 12.6. The number of rotatable bonds is 3. The first kappa shape index (κ1) is 19.4. The molecule has 0 radical (unpaired) electrons. The van der Waals surface area contributed by atoms with Gasteiger partial charge in [-0.1, -0.05) is 18.6 Å². The molecule has 3 unspecified atom stereocenters. The average molecular weight is 366 g/mol. The summed E-state index contributed by atoms with van der Waals surface area (Å²) in [5.41, 5.74) is 1.67. The summed E-state index contributed by atoms with van der Waals surface area (Å²) in [7, 11) is 0. The lowest BCUT2D eigenvalue weighted by Crippen LogP contribution is -2.54. The highest BCUT2D eigenvalue weighted by atomic mass is 35.5. The molecule has 2 N–H and O–H groups in total. The van der Waals surface area contributed by atoms with Crippen molar-refractivity contribution >= 4 is 30.1 Å². The van der Waals surface area contributed by atoms with E-state index in [2.05, 4.69) is 17.6 Å². The lowest BCUT2D eigenvalue weighted by Gasteiger charge is -2.32. The maximum atomic E-state index is 12.6. The van der Waals surface area contributed by atoms with Crippen LogP contribution in [0.25, 0.3) is 0 Å². The van der Waals surface area contributed by atoms with Crippen molar-refractivity contribution in [2.75, 3.05) is 13.1 Å². The summed E-state index contributed by atoms with van der Waals surface area (Å²) < 4.78 is 0. The van der Waals surface area contributed by atoms with E-state index in [1.54, 1.807) is 25.1 Å². The standard InChI is InChI=1S/C18H23N3O3.ClH/c1-10-4-5-13-14(8-10)18(24)21(17(13)23)12(3)16(22)20-15-6-7-19-9-11(15)2;/h4-5,8,11-12,15,19H,6-7,9H2,1-3H3,(H,20,22);1H. The number of amides is 3. The zero-order chi connectivity index (χ0) is 17.4. The topological polar surface area (TPSA) is 78.5 Å². The maximum Gasteiger partial charge on any atom is 0.262 e. The number of imide groups is 1. The van der Waals surface area contributed by atoms with Gasteiger partial charge in [0.15, 0.2) is 0 Å². The third kappa shape index (κ3) is 3.55. The van der Waals surface area contributed by atoms with Crippen LogP contribution < -0.4 is 10.6 Å². The number of nitrogens with zero attached hydrogens (tertiary/aromatic N) is 1. The van der Waals surface area contributed by atoms with Gasteiger partial charge in [-0.15, -0.1) is 12.4 Å². The van der Waals surface area contributed by atoms with E-state index in [-0.39, 0.29) is 30.3 Å². The molecule has 0 aromatic heterocycles. The molecule has 7 heteroatoms. The Morgan fingerprint density at radius 1 is 1.28 bits per heavy atom. The van der Waals surface area contributed by atoms with E-state index < -0.39 is 11.9 Å². The lowest BCUT2D eigenvalue weighted by atomic mass is 9.95. The molecule has 0 spiro atoms. The number of nitrogens with one attached hydrogen (secondary N) is 2. The lowest BCUT2D eigenvalue weighted by molar-refractivity contribution is -0.125. The van der Waals surface area contributed by atoms with Crippen molar-refractivity contribution in [1.82, 2.24) is 15.5 Å². The second kappa shape index (κ2) is 7.54. The van der Waals surface area contributed by atoms with Crippen LogP contribution in [0.5, 0.6) is 0 Å². The Bertz CT molecular complexity index is 707. The van der Waals surface area contributed by atoms with Crippen molar-refractivity contribution in [3.05, 3.63) is 34.9 Å². The van der Waals surface area contributed by atoms with Crippen LogP contribution >= 0.6 is 12.4 Å². The molecule has 1 fully saturated rings. The number of hydrogen-bond acceptors (Lipinski definition) is 4. The molecule has 3 atom stereocenters. The molecule has 0 saturated carbocycles. The van der Waals surface area contributed by atoms with E-state index in [4.69, 9.17) is 0 Å². The Morgan fingerprint density at radius 2 is 1.96 bits per heavy atom. The highest BCUT2D eigenvalue weighted by molar-refractivity contribution is 6.22. The molecule has 1 aromatic rings. The van der Waals surface area contributed by atoms with Crippen LogP contribution in [0.1, 0.15) is 46.5 Å². The van der Waals surface area contributed by atoms with Gasteiger partial charge in [-0.3, -0.25) is 19.3 Å². The average Bonchev–Trinajstić information content (AvgIpc) is 2.79. The second-order valence-electron chi connectivity index (χ2n) is 6.79. The van der Waals surface area contributed by atoms with Crippen LogP contribution in [-0.2, 0) is 4.79 Å². The van der Waals surface area contributed by atoms with Crippen LogP contribution in [0.4, 0.5) is 0 Å². The Labute approximate surface area is 153 Å². The van der Waals surface area contributed by atoms with Gasteiger partial charge in [0.1, 0.15) is 6.04 Å². The van der Waals surface area contributed by atoms with E-state index in [9.17, 15) is 14.4 Å². The molecule has 136 valence electrons. The zero-order valence-corrected chi connectivity index (χ0v) is 15.5. The first-order valence-corrected chi connectivity index (χ1v) is 8.39. The Morgan fingerprint density at radius 3 is 2.64 bits per heavy atom. The third-order valence-electron chi connectivity index (χ3n) is 4.95. The van der Waals surface area contributed by atoms with E-state index in [0.29, 0.717) is 17.0 Å². The van der Waals surface area contributed by atoms with Gasteiger partial charge >= 0.3 is 0 Å². The fraction of sp³-hybridized carbons (Fsp3) is 0.500. The number of benzene rings is 1. The molecule has 3 rings (SSSR count). The highest BCUT2D eigenvalue weighted by Gasteiger charge is 2.41. The minimum absolute atomic E-state index is 0. The number of hydrogen-bond donors (Lipinski definition) is 2. The Hall–Kier alpha value is -1.92. The molecular weight excluding hydrogens is 342 g/mol. The largest absolute Gasteiger partial charge is 0.351 e. The molecule has 1 aromatic carbocycles. The number of halogens is 1. The molecular formula is C18H24ClN3O3. The first-order chi connectivity index (χ1) is 11.4. The number of aryl methyl sites for hydroxylation is 1. The molecule has 2 heterocycles. The van der Waals surface area contributed by atoms with Gasteiger partial charge in [0.25, 0.3) is 11.8 Å². The molecule has 0 bridgehead atoms. The van der Waals surface area contributed by atoms with Crippen molar-refractivity contribution in [2.24, 2.45) is 5.92 Å². The van der Waals surface area contributed by atoms with Gasteiger partial charge in [0.05, 0.1) is 11.1 Å². The molecule has 0 aliphatic carbocycles. The summed E-state index contributed by atoms with van der Waals surface area (Å²) in [4.78, 5) is 38.8. The normalized spacial score (nSPS) is 23.7. The van der Waals surface area contributed by atoms with Crippen molar-refractivity contribution < 1.29 is 14.4 Å². The monoisotopic (exact) mass is 365 g/mol. The summed E-state index contributed by atoms with van der Waals surface area (Å²) in [5.74, 6) is -0.740. The predicted molar refractivity (Wildman–Crippen MR) is 97.0 cm³/mol. The molecule has 3 amide bonds.